The van der Waals surface area contributed by atoms with Gasteiger partial charge in [0.05, 0.1) is 0 Å². The zero-order valence-corrected chi connectivity index (χ0v) is 12.3. The highest BCUT2D eigenvalue weighted by atomic mass is 16.6. The third-order valence-electron chi connectivity index (χ3n) is 2.94. The van der Waals surface area contributed by atoms with E-state index in [1.54, 1.807) is 0 Å². The molecule has 0 saturated carbocycles. The first-order chi connectivity index (χ1) is 11.2. The van der Waals surface area contributed by atoms with Gasteiger partial charge in [-0.3, -0.25) is 0 Å². The summed E-state index contributed by atoms with van der Waals surface area (Å²) in [7, 11) is 0. The van der Waals surface area contributed by atoms with Crippen LogP contribution in [0.15, 0.2) is 84.9 Å². The van der Waals surface area contributed by atoms with Crippen molar-refractivity contribution in [2.45, 2.75) is 0 Å². The van der Waals surface area contributed by atoms with E-state index >= 15 is 0 Å². The summed E-state index contributed by atoms with van der Waals surface area (Å²) >= 11 is 0. The fraction of sp³-hybridized carbons (Fsp3) is 0. The number of rotatable bonds is 3. The van der Waals surface area contributed by atoms with Crippen molar-refractivity contribution >= 4 is 6.16 Å². The predicted molar refractivity (Wildman–Crippen MR) is 89.0 cm³/mol. The summed E-state index contributed by atoms with van der Waals surface area (Å²) in [4.78, 5) is 8.56. The fourth-order valence-corrected chi connectivity index (χ4v) is 2.03. The molecule has 0 heterocycles. The van der Waals surface area contributed by atoms with Crippen molar-refractivity contribution in [3.05, 3.63) is 84.9 Å². The molecule has 0 fully saturated rings. The molecule has 0 aromatic heterocycles. The SMILES string of the molecule is O=C(O)O.c1ccc(Oc2ccccc2-c2ccccc2)cc1. The fourth-order valence-electron chi connectivity index (χ4n) is 2.03. The molecule has 0 aliphatic carbocycles. The number of hydrogen-bond acceptors (Lipinski definition) is 2. The van der Waals surface area contributed by atoms with E-state index in [4.69, 9.17) is 19.7 Å². The summed E-state index contributed by atoms with van der Waals surface area (Å²) in [5, 5.41) is 13.9. The van der Waals surface area contributed by atoms with Crippen LogP contribution in [-0.4, -0.2) is 16.4 Å². The Morgan fingerprint density at radius 3 is 1.78 bits per heavy atom. The van der Waals surface area contributed by atoms with Gasteiger partial charge >= 0.3 is 6.16 Å². The molecule has 4 nitrogen and oxygen atoms in total. The van der Waals surface area contributed by atoms with Crippen molar-refractivity contribution in [3.8, 4) is 22.6 Å². The van der Waals surface area contributed by atoms with Crippen LogP contribution in [0.2, 0.25) is 0 Å². The van der Waals surface area contributed by atoms with Crippen LogP contribution in [0.3, 0.4) is 0 Å². The van der Waals surface area contributed by atoms with Gasteiger partial charge in [0.25, 0.3) is 0 Å². The Hall–Kier alpha value is -3.27. The molecule has 0 aliphatic rings. The van der Waals surface area contributed by atoms with E-state index in [1.165, 1.54) is 0 Å². The molecule has 0 saturated heterocycles. The maximum absolute atomic E-state index is 8.56. The quantitative estimate of drug-likeness (QED) is 0.682. The Labute approximate surface area is 134 Å². The van der Waals surface area contributed by atoms with Crippen LogP contribution >= 0.6 is 0 Å². The first-order valence-corrected chi connectivity index (χ1v) is 6.96. The summed E-state index contributed by atoms with van der Waals surface area (Å²) in [6.45, 7) is 0. The van der Waals surface area contributed by atoms with Gasteiger partial charge in [0.1, 0.15) is 11.5 Å². The van der Waals surface area contributed by atoms with E-state index < -0.39 is 6.16 Å². The van der Waals surface area contributed by atoms with Crippen LogP contribution in [0.4, 0.5) is 4.79 Å². The topological polar surface area (TPSA) is 66.8 Å². The number of benzene rings is 3. The maximum Gasteiger partial charge on any atom is 0.503 e. The lowest BCUT2D eigenvalue weighted by Gasteiger charge is -2.11. The molecule has 23 heavy (non-hydrogen) atoms. The van der Waals surface area contributed by atoms with E-state index in [9.17, 15) is 0 Å². The second kappa shape index (κ2) is 8.24. The highest BCUT2D eigenvalue weighted by molar-refractivity contribution is 5.70. The van der Waals surface area contributed by atoms with Gasteiger partial charge in [-0.1, -0.05) is 66.7 Å². The van der Waals surface area contributed by atoms with E-state index in [-0.39, 0.29) is 0 Å². The molecular weight excluding hydrogens is 292 g/mol. The van der Waals surface area contributed by atoms with Gasteiger partial charge in [-0.05, 0) is 23.8 Å². The molecule has 0 atom stereocenters. The number of para-hydroxylation sites is 2. The standard InChI is InChI=1S/C18H14O.CH2O3/c1-3-9-15(10-4-1)17-13-7-8-14-18(17)19-16-11-5-2-6-12-16;2-1(3)4/h1-14H;(H2,2,3,4). The summed E-state index contributed by atoms with van der Waals surface area (Å²) in [6, 6.07) is 28.2. The minimum absolute atomic E-state index is 0.853. The lowest BCUT2D eigenvalue weighted by Crippen LogP contribution is -1.87. The first-order valence-electron chi connectivity index (χ1n) is 6.96. The monoisotopic (exact) mass is 308 g/mol. The van der Waals surface area contributed by atoms with Gasteiger partial charge in [0.15, 0.2) is 0 Å². The lowest BCUT2D eigenvalue weighted by molar-refractivity contribution is 0.137. The van der Waals surface area contributed by atoms with E-state index in [1.807, 2.05) is 66.7 Å². The molecule has 0 bridgehead atoms. The molecule has 3 rings (SSSR count). The van der Waals surface area contributed by atoms with Crippen molar-refractivity contribution in [2.24, 2.45) is 0 Å². The third kappa shape index (κ3) is 5.21. The van der Waals surface area contributed by atoms with E-state index in [2.05, 4.69) is 18.2 Å². The van der Waals surface area contributed by atoms with Gasteiger partial charge in [-0.15, -0.1) is 0 Å². The van der Waals surface area contributed by atoms with Crippen LogP contribution in [0.5, 0.6) is 11.5 Å². The summed E-state index contributed by atoms with van der Waals surface area (Å²) in [5.74, 6) is 1.73. The van der Waals surface area contributed by atoms with Crippen molar-refractivity contribution < 1.29 is 19.7 Å². The van der Waals surface area contributed by atoms with Crippen LogP contribution in [-0.2, 0) is 0 Å². The third-order valence-corrected chi connectivity index (χ3v) is 2.94. The zero-order valence-electron chi connectivity index (χ0n) is 12.3. The predicted octanol–water partition coefficient (Wildman–Crippen LogP) is 5.37. The molecule has 0 spiro atoms. The molecule has 0 unspecified atom stereocenters. The largest absolute Gasteiger partial charge is 0.503 e. The average Bonchev–Trinajstić information content (AvgIpc) is 2.57. The van der Waals surface area contributed by atoms with Gasteiger partial charge < -0.3 is 14.9 Å². The van der Waals surface area contributed by atoms with Crippen LogP contribution in [0.1, 0.15) is 0 Å². The van der Waals surface area contributed by atoms with E-state index in [0.717, 1.165) is 22.6 Å². The van der Waals surface area contributed by atoms with Gasteiger partial charge in [-0.25, -0.2) is 4.79 Å². The normalized spacial score (nSPS) is 9.39. The lowest BCUT2D eigenvalue weighted by atomic mass is 10.1. The molecular formula is C19H16O4. The molecule has 4 heteroatoms. The van der Waals surface area contributed by atoms with E-state index in [0.29, 0.717) is 0 Å². The van der Waals surface area contributed by atoms with Crippen molar-refractivity contribution in [3.63, 3.8) is 0 Å². The Morgan fingerprint density at radius 1 is 0.696 bits per heavy atom. The Bertz CT molecular complexity index is 736. The summed E-state index contributed by atoms with van der Waals surface area (Å²) in [6.07, 6.45) is -1.83. The molecule has 0 aliphatic heterocycles. The molecule has 116 valence electrons. The highest BCUT2D eigenvalue weighted by Gasteiger charge is 2.05. The van der Waals surface area contributed by atoms with Crippen molar-refractivity contribution in [2.75, 3.05) is 0 Å². The molecule has 0 radical (unpaired) electrons. The number of hydrogen-bond donors (Lipinski definition) is 2. The molecule has 3 aromatic carbocycles. The van der Waals surface area contributed by atoms with Crippen LogP contribution in [0.25, 0.3) is 11.1 Å². The number of carbonyl (C=O) groups is 1. The van der Waals surface area contributed by atoms with Crippen molar-refractivity contribution in [1.82, 2.24) is 0 Å². The highest BCUT2D eigenvalue weighted by Crippen LogP contribution is 2.32. The average molecular weight is 308 g/mol. The van der Waals surface area contributed by atoms with Gasteiger partial charge in [-0.2, -0.15) is 0 Å². The van der Waals surface area contributed by atoms with Gasteiger partial charge in [0.2, 0.25) is 0 Å². The van der Waals surface area contributed by atoms with Crippen molar-refractivity contribution in [1.29, 1.82) is 0 Å². The minimum Gasteiger partial charge on any atom is -0.457 e. The minimum atomic E-state index is -1.83. The Balaban J connectivity index is 0.000000433. The number of carboxylic acid groups (broad SMARTS) is 2. The van der Waals surface area contributed by atoms with Gasteiger partial charge in [0, 0.05) is 5.56 Å². The smallest absolute Gasteiger partial charge is 0.457 e. The van der Waals surface area contributed by atoms with Crippen LogP contribution < -0.4 is 4.74 Å². The second-order valence-corrected chi connectivity index (χ2v) is 4.56. The molecule has 0 amide bonds. The zero-order chi connectivity index (χ0) is 16.5. The molecule has 2 N–H and O–H groups in total. The maximum atomic E-state index is 8.56. The Morgan fingerprint density at radius 2 is 1.17 bits per heavy atom. The number of ether oxygens (including phenoxy) is 1. The Kier molecular flexibility index (Phi) is 5.77. The first kappa shape index (κ1) is 16.1. The summed E-state index contributed by atoms with van der Waals surface area (Å²) in [5.41, 5.74) is 2.26. The van der Waals surface area contributed by atoms with Crippen LogP contribution in [0, 0.1) is 0 Å². The molecule has 3 aromatic rings. The summed E-state index contributed by atoms with van der Waals surface area (Å²) < 4.78 is 5.96. The second-order valence-electron chi connectivity index (χ2n) is 4.56.